The first-order valence-electron chi connectivity index (χ1n) is 5.85. The van der Waals surface area contributed by atoms with Crippen molar-refractivity contribution in [2.75, 3.05) is 6.54 Å². The molecule has 0 bridgehead atoms. The Morgan fingerprint density at radius 2 is 1.94 bits per heavy atom. The summed E-state index contributed by atoms with van der Waals surface area (Å²) in [5, 5.41) is 4.55. The number of aryl methyl sites for hydroxylation is 1. The van der Waals surface area contributed by atoms with Gasteiger partial charge in [0, 0.05) is 5.56 Å². The van der Waals surface area contributed by atoms with Crippen LogP contribution in [0.15, 0.2) is 34.9 Å². The van der Waals surface area contributed by atoms with Crippen molar-refractivity contribution in [3.63, 3.8) is 0 Å². The molecular formula is C14H15Cl2NO. The number of benzene rings is 1. The molecule has 0 radical (unpaired) electrons. The molecule has 1 unspecified atom stereocenters. The highest BCUT2D eigenvalue weighted by Crippen LogP contribution is 2.29. The lowest BCUT2D eigenvalue weighted by atomic mass is 10.0. The molecular weight excluding hydrogens is 269 g/mol. The average Bonchev–Trinajstić information content (AvgIpc) is 2.76. The molecule has 0 amide bonds. The van der Waals surface area contributed by atoms with Gasteiger partial charge in [0.2, 0.25) is 0 Å². The molecule has 18 heavy (non-hydrogen) atoms. The maximum absolute atomic E-state index is 6.07. The van der Waals surface area contributed by atoms with Gasteiger partial charge in [0.05, 0.1) is 22.4 Å². The van der Waals surface area contributed by atoms with E-state index in [4.69, 9.17) is 27.6 Å². The van der Waals surface area contributed by atoms with E-state index >= 15 is 0 Å². The van der Waals surface area contributed by atoms with Gasteiger partial charge in [-0.1, -0.05) is 36.2 Å². The van der Waals surface area contributed by atoms with Gasteiger partial charge in [0.1, 0.15) is 5.76 Å². The second-order valence-electron chi connectivity index (χ2n) is 4.15. The maximum Gasteiger partial charge on any atom is 0.101 e. The molecule has 2 rings (SSSR count). The van der Waals surface area contributed by atoms with Gasteiger partial charge in [-0.05, 0) is 37.2 Å². The first-order valence-corrected chi connectivity index (χ1v) is 6.60. The highest BCUT2D eigenvalue weighted by atomic mass is 35.5. The average molecular weight is 284 g/mol. The zero-order valence-electron chi connectivity index (χ0n) is 10.3. The molecule has 0 saturated carbocycles. The van der Waals surface area contributed by atoms with Gasteiger partial charge >= 0.3 is 0 Å². The van der Waals surface area contributed by atoms with Crippen molar-refractivity contribution in [1.82, 2.24) is 5.32 Å². The Morgan fingerprint density at radius 1 is 1.17 bits per heavy atom. The Hall–Kier alpha value is -0.960. The van der Waals surface area contributed by atoms with E-state index in [1.807, 2.05) is 31.2 Å². The summed E-state index contributed by atoms with van der Waals surface area (Å²) in [5.41, 5.74) is 2.17. The standard InChI is InChI=1S/C14H15Cl2NO/c1-3-17-14(11-6-9(2)18-8-11)10-4-5-12(15)13(16)7-10/h4-8,14,17H,3H2,1-2H3. The summed E-state index contributed by atoms with van der Waals surface area (Å²) >= 11 is 12.0. The van der Waals surface area contributed by atoms with Crippen LogP contribution in [0.1, 0.15) is 29.9 Å². The van der Waals surface area contributed by atoms with Gasteiger partial charge in [-0.3, -0.25) is 0 Å². The molecule has 0 aliphatic rings. The molecule has 0 aliphatic carbocycles. The van der Waals surface area contributed by atoms with Crippen LogP contribution >= 0.6 is 23.2 Å². The lowest BCUT2D eigenvalue weighted by molar-refractivity contribution is 0.525. The Labute approximate surface area is 117 Å². The Bertz CT molecular complexity index is 536. The smallest absolute Gasteiger partial charge is 0.101 e. The van der Waals surface area contributed by atoms with Crippen molar-refractivity contribution in [2.24, 2.45) is 0 Å². The summed E-state index contributed by atoms with van der Waals surface area (Å²) in [4.78, 5) is 0. The quantitative estimate of drug-likeness (QED) is 0.888. The number of hydrogen-bond acceptors (Lipinski definition) is 2. The van der Waals surface area contributed by atoms with Crippen molar-refractivity contribution in [1.29, 1.82) is 0 Å². The summed E-state index contributed by atoms with van der Waals surface area (Å²) in [5.74, 6) is 0.896. The summed E-state index contributed by atoms with van der Waals surface area (Å²) in [7, 11) is 0. The number of nitrogens with one attached hydrogen (secondary N) is 1. The van der Waals surface area contributed by atoms with Crippen LogP contribution in [0.5, 0.6) is 0 Å². The maximum atomic E-state index is 6.07. The highest BCUT2D eigenvalue weighted by Gasteiger charge is 2.16. The minimum Gasteiger partial charge on any atom is -0.469 e. The van der Waals surface area contributed by atoms with E-state index in [0.717, 1.165) is 23.4 Å². The van der Waals surface area contributed by atoms with Crippen LogP contribution in [-0.4, -0.2) is 6.54 Å². The largest absolute Gasteiger partial charge is 0.469 e. The molecule has 4 heteroatoms. The van der Waals surface area contributed by atoms with Crippen molar-refractivity contribution in [2.45, 2.75) is 19.9 Å². The van der Waals surface area contributed by atoms with Crippen LogP contribution in [0.25, 0.3) is 0 Å². The van der Waals surface area contributed by atoms with Gasteiger partial charge in [0.25, 0.3) is 0 Å². The second-order valence-corrected chi connectivity index (χ2v) is 4.97. The monoisotopic (exact) mass is 283 g/mol. The number of halogens is 2. The molecule has 2 nitrogen and oxygen atoms in total. The molecule has 1 atom stereocenters. The highest BCUT2D eigenvalue weighted by molar-refractivity contribution is 6.42. The normalized spacial score (nSPS) is 12.7. The van der Waals surface area contributed by atoms with Gasteiger partial charge in [-0.25, -0.2) is 0 Å². The lowest BCUT2D eigenvalue weighted by Crippen LogP contribution is -2.21. The summed E-state index contributed by atoms with van der Waals surface area (Å²) < 4.78 is 5.37. The van der Waals surface area contributed by atoms with Crippen LogP contribution in [0, 0.1) is 6.92 Å². The predicted molar refractivity (Wildman–Crippen MR) is 75.4 cm³/mol. The fourth-order valence-corrected chi connectivity index (χ4v) is 2.25. The SMILES string of the molecule is CCNC(c1coc(C)c1)c1ccc(Cl)c(Cl)c1. The molecule has 1 aromatic heterocycles. The Kier molecular flexibility index (Phi) is 4.33. The molecule has 0 spiro atoms. The van der Waals surface area contributed by atoms with E-state index in [0.29, 0.717) is 10.0 Å². The summed E-state index contributed by atoms with van der Waals surface area (Å²) in [6.07, 6.45) is 1.77. The number of rotatable bonds is 4. The lowest BCUT2D eigenvalue weighted by Gasteiger charge is -2.17. The Balaban J connectivity index is 2.37. The summed E-state index contributed by atoms with van der Waals surface area (Å²) in [6, 6.07) is 7.78. The number of hydrogen-bond donors (Lipinski definition) is 1. The minimum atomic E-state index is 0.0715. The van der Waals surface area contributed by atoms with Crippen LogP contribution in [-0.2, 0) is 0 Å². The van der Waals surface area contributed by atoms with Crippen molar-refractivity contribution in [3.05, 3.63) is 57.5 Å². The van der Waals surface area contributed by atoms with Crippen molar-refractivity contribution >= 4 is 23.2 Å². The van der Waals surface area contributed by atoms with E-state index in [9.17, 15) is 0 Å². The number of furan rings is 1. The van der Waals surface area contributed by atoms with Crippen LogP contribution < -0.4 is 5.32 Å². The van der Waals surface area contributed by atoms with Gasteiger partial charge in [-0.15, -0.1) is 0 Å². The Morgan fingerprint density at radius 3 is 2.50 bits per heavy atom. The third-order valence-corrected chi connectivity index (χ3v) is 3.51. The van der Waals surface area contributed by atoms with Crippen LogP contribution in [0.4, 0.5) is 0 Å². The van der Waals surface area contributed by atoms with Crippen LogP contribution in [0.2, 0.25) is 10.0 Å². The fraction of sp³-hybridized carbons (Fsp3) is 0.286. The van der Waals surface area contributed by atoms with Crippen LogP contribution in [0.3, 0.4) is 0 Å². The first kappa shape index (κ1) is 13.5. The predicted octanol–water partition coefficient (Wildman–Crippen LogP) is 4.59. The van der Waals surface area contributed by atoms with E-state index in [1.165, 1.54) is 0 Å². The van der Waals surface area contributed by atoms with E-state index < -0.39 is 0 Å². The second kappa shape index (κ2) is 5.79. The third-order valence-electron chi connectivity index (χ3n) is 2.77. The molecule has 1 aromatic carbocycles. The van der Waals surface area contributed by atoms with E-state index in [2.05, 4.69) is 12.2 Å². The fourth-order valence-electron chi connectivity index (χ4n) is 1.94. The summed E-state index contributed by atoms with van der Waals surface area (Å²) in [6.45, 7) is 4.86. The van der Waals surface area contributed by atoms with Gasteiger partial charge < -0.3 is 9.73 Å². The molecule has 0 aliphatic heterocycles. The zero-order valence-corrected chi connectivity index (χ0v) is 11.8. The molecule has 96 valence electrons. The van der Waals surface area contributed by atoms with Gasteiger partial charge in [0.15, 0.2) is 0 Å². The van der Waals surface area contributed by atoms with Crippen molar-refractivity contribution in [3.8, 4) is 0 Å². The molecule has 1 heterocycles. The zero-order chi connectivity index (χ0) is 13.1. The van der Waals surface area contributed by atoms with Crippen molar-refractivity contribution < 1.29 is 4.42 Å². The molecule has 0 saturated heterocycles. The van der Waals surface area contributed by atoms with Gasteiger partial charge in [-0.2, -0.15) is 0 Å². The first-order chi connectivity index (χ1) is 8.61. The molecule has 2 aromatic rings. The minimum absolute atomic E-state index is 0.0715. The van der Waals surface area contributed by atoms with E-state index in [1.54, 1.807) is 6.26 Å². The topological polar surface area (TPSA) is 25.2 Å². The third kappa shape index (κ3) is 2.89. The van der Waals surface area contributed by atoms with E-state index in [-0.39, 0.29) is 6.04 Å². The molecule has 1 N–H and O–H groups in total. The molecule has 0 fully saturated rings.